The Bertz CT molecular complexity index is 423. The summed E-state index contributed by atoms with van der Waals surface area (Å²) in [6.07, 6.45) is 1.02. The number of likely N-dealkylation sites (N-methyl/N-ethyl adjacent to an activating group) is 1. The maximum absolute atomic E-state index is 11.2. The molecule has 4 nitrogen and oxygen atoms in total. The van der Waals surface area contributed by atoms with Gasteiger partial charge in [-0.2, -0.15) is 0 Å². The van der Waals surface area contributed by atoms with E-state index in [9.17, 15) is 9.59 Å². The number of amides is 1. The fourth-order valence-corrected chi connectivity index (χ4v) is 1.76. The molecule has 0 unspecified atom stereocenters. The lowest BCUT2D eigenvalue weighted by Gasteiger charge is -2.15. The standard InChI is InChI=1S/C14H19NO3/c1-10(2)8-11-4-6-12(7-5-11)9-15(3)13(16)14(17)18/h4-7,10H,8-9H2,1-3H3,(H,17,18). The lowest BCUT2D eigenvalue weighted by atomic mass is 10.0. The van der Waals surface area contributed by atoms with Crippen LogP contribution in [0, 0.1) is 5.92 Å². The second-order valence-corrected chi connectivity index (χ2v) is 4.88. The quantitative estimate of drug-likeness (QED) is 0.829. The van der Waals surface area contributed by atoms with Crippen molar-refractivity contribution in [2.45, 2.75) is 26.8 Å². The van der Waals surface area contributed by atoms with E-state index >= 15 is 0 Å². The molecule has 0 spiro atoms. The van der Waals surface area contributed by atoms with Gasteiger partial charge in [0.05, 0.1) is 0 Å². The molecule has 98 valence electrons. The van der Waals surface area contributed by atoms with Crippen molar-refractivity contribution in [3.05, 3.63) is 35.4 Å². The number of carboxylic acids is 1. The van der Waals surface area contributed by atoms with Gasteiger partial charge < -0.3 is 10.0 Å². The molecule has 0 bridgehead atoms. The van der Waals surface area contributed by atoms with Crippen LogP contribution in [0.3, 0.4) is 0 Å². The van der Waals surface area contributed by atoms with E-state index in [0.717, 1.165) is 12.0 Å². The van der Waals surface area contributed by atoms with Crippen molar-refractivity contribution in [2.75, 3.05) is 7.05 Å². The molecule has 4 heteroatoms. The largest absolute Gasteiger partial charge is 0.474 e. The molecule has 1 N–H and O–H groups in total. The smallest absolute Gasteiger partial charge is 0.394 e. The molecule has 0 aliphatic heterocycles. The fraction of sp³-hybridized carbons (Fsp3) is 0.429. The summed E-state index contributed by atoms with van der Waals surface area (Å²) in [5.74, 6) is -1.71. The van der Waals surface area contributed by atoms with Gasteiger partial charge >= 0.3 is 11.9 Å². The Morgan fingerprint density at radius 1 is 1.17 bits per heavy atom. The summed E-state index contributed by atoms with van der Waals surface area (Å²) in [4.78, 5) is 22.9. The van der Waals surface area contributed by atoms with E-state index < -0.39 is 11.9 Å². The molecule has 0 heterocycles. The first-order valence-electron chi connectivity index (χ1n) is 5.96. The van der Waals surface area contributed by atoms with Gasteiger partial charge in [-0.3, -0.25) is 4.79 Å². The fourth-order valence-electron chi connectivity index (χ4n) is 1.76. The van der Waals surface area contributed by atoms with Gasteiger partial charge in [0.1, 0.15) is 0 Å². The molecule has 0 aromatic heterocycles. The highest BCUT2D eigenvalue weighted by atomic mass is 16.4. The van der Waals surface area contributed by atoms with Gasteiger partial charge in [0.25, 0.3) is 0 Å². The Labute approximate surface area is 107 Å². The van der Waals surface area contributed by atoms with E-state index in [1.54, 1.807) is 0 Å². The van der Waals surface area contributed by atoms with E-state index in [4.69, 9.17) is 5.11 Å². The number of hydrogen-bond donors (Lipinski definition) is 1. The molecular formula is C14H19NO3. The number of carboxylic acid groups (broad SMARTS) is 1. The summed E-state index contributed by atoms with van der Waals surface area (Å²) in [6.45, 7) is 4.63. The summed E-state index contributed by atoms with van der Waals surface area (Å²) in [7, 11) is 1.48. The van der Waals surface area contributed by atoms with Gasteiger partial charge in [0.15, 0.2) is 0 Å². The number of benzene rings is 1. The van der Waals surface area contributed by atoms with E-state index in [1.165, 1.54) is 17.5 Å². The topological polar surface area (TPSA) is 57.6 Å². The highest BCUT2D eigenvalue weighted by molar-refractivity contribution is 6.31. The molecule has 1 amide bonds. The van der Waals surface area contributed by atoms with Crippen molar-refractivity contribution in [1.82, 2.24) is 4.90 Å². The molecule has 1 aromatic carbocycles. The van der Waals surface area contributed by atoms with Crippen LogP contribution in [0.25, 0.3) is 0 Å². The molecule has 0 atom stereocenters. The molecule has 1 aromatic rings. The third kappa shape index (κ3) is 4.20. The van der Waals surface area contributed by atoms with Crippen LogP contribution in [0.1, 0.15) is 25.0 Å². The SMILES string of the molecule is CC(C)Cc1ccc(CN(C)C(=O)C(=O)O)cc1. The van der Waals surface area contributed by atoms with Gasteiger partial charge in [-0.1, -0.05) is 38.1 Å². The van der Waals surface area contributed by atoms with Crippen LogP contribution in [0.5, 0.6) is 0 Å². The monoisotopic (exact) mass is 249 g/mol. The highest BCUT2D eigenvalue weighted by Gasteiger charge is 2.16. The van der Waals surface area contributed by atoms with Gasteiger partial charge in [0.2, 0.25) is 0 Å². The summed E-state index contributed by atoms with van der Waals surface area (Å²) in [5.41, 5.74) is 2.18. The minimum atomic E-state index is -1.42. The summed E-state index contributed by atoms with van der Waals surface area (Å²) in [5, 5.41) is 8.58. The number of aliphatic carboxylic acids is 1. The maximum Gasteiger partial charge on any atom is 0.394 e. The van der Waals surface area contributed by atoms with Crippen LogP contribution in [-0.4, -0.2) is 28.9 Å². The summed E-state index contributed by atoms with van der Waals surface area (Å²) in [6, 6.07) is 7.91. The van der Waals surface area contributed by atoms with Crippen molar-refractivity contribution in [3.8, 4) is 0 Å². The zero-order chi connectivity index (χ0) is 13.7. The number of hydrogen-bond acceptors (Lipinski definition) is 2. The van der Waals surface area contributed by atoms with Crippen LogP contribution in [0.2, 0.25) is 0 Å². The van der Waals surface area contributed by atoms with Crippen LogP contribution < -0.4 is 0 Å². The summed E-state index contributed by atoms with van der Waals surface area (Å²) < 4.78 is 0. The van der Waals surface area contributed by atoms with Gasteiger partial charge in [-0.05, 0) is 23.5 Å². The van der Waals surface area contributed by atoms with Crippen LogP contribution in [0.15, 0.2) is 24.3 Å². The van der Waals surface area contributed by atoms with Crippen molar-refractivity contribution in [2.24, 2.45) is 5.92 Å². The zero-order valence-corrected chi connectivity index (χ0v) is 11.0. The second-order valence-electron chi connectivity index (χ2n) is 4.88. The third-order valence-electron chi connectivity index (χ3n) is 2.62. The molecular weight excluding hydrogens is 230 g/mol. The number of nitrogens with zero attached hydrogens (tertiary/aromatic N) is 1. The first kappa shape index (κ1) is 14.2. The third-order valence-corrected chi connectivity index (χ3v) is 2.62. The molecule has 0 saturated carbocycles. The van der Waals surface area contributed by atoms with E-state index in [1.807, 2.05) is 24.3 Å². The number of rotatable bonds is 4. The van der Waals surface area contributed by atoms with Crippen molar-refractivity contribution in [3.63, 3.8) is 0 Å². The Balaban J connectivity index is 2.63. The van der Waals surface area contributed by atoms with Gasteiger partial charge in [-0.15, -0.1) is 0 Å². The first-order chi connectivity index (χ1) is 8.40. The van der Waals surface area contributed by atoms with Crippen molar-refractivity contribution in [1.29, 1.82) is 0 Å². The zero-order valence-electron chi connectivity index (χ0n) is 11.0. The van der Waals surface area contributed by atoms with Crippen molar-refractivity contribution >= 4 is 11.9 Å². The average Bonchev–Trinajstić information content (AvgIpc) is 2.29. The Kier molecular flexibility index (Phi) is 4.89. The molecule has 0 saturated heterocycles. The van der Waals surface area contributed by atoms with Crippen LogP contribution in [0.4, 0.5) is 0 Å². The van der Waals surface area contributed by atoms with Gasteiger partial charge in [0, 0.05) is 13.6 Å². The normalized spacial score (nSPS) is 10.4. The molecule has 18 heavy (non-hydrogen) atoms. The lowest BCUT2D eigenvalue weighted by Crippen LogP contribution is -2.32. The predicted molar refractivity (Wildman–Crippen MR) is 69.1 cm³/mol. The van der Waals surface area contributed by atoms with E-state index in [-0.39, 0.29) is 0 Å². The molecule has 1 rings (SSSR count). The predicted octanol–water partition coefficient (Wildman–Crippen LogP) is 1.93. The van der Waals surface area contributed by atoms with Gasteiger partial charge in [-0.25, -0.2) is 4.79 Å². The minimum Gasteiger partial charge on any atom is -0.474 e. The molecule has 0 aliphatic rings. The Hall–Kier alpha value is -1.84. The van der Waals surface area contributed by atoms with Crippen molar-refractivity contribution < 1.29 is 14.7 Å². The van der Waals surface area contributed by atoms with Crippen LogP contribution in [-0.2, 0) is 22.6 Å². The first-order valence-corrected chi connectivity index (χ1v) is 5.96. The molecule has 0 fully saturated rings. The number of carbonyl (C=O) groups is 2. The Morgan fingerprint density at radius 3 is 2.11 bits per heavy atom. The summed E-state index contributed by atoms with van der Waals surface area (Å²) >= 11 is 0. The highest BCUT2D eigenvalue weighted by Crippen LogP contribution is 2.11. The van der Waals surface area contributed by atoms with Crippen LogP contribution >= 0.6 is 0 Å². The van der Waals surface area contributed by atoms with E-state index in [0.29, 0.717) is 12.5 Å². The number of carbonyl (C=O) groups excluding carboxylic acids is 1. The lowest BCUT2D eigenvalue weighted by molar-refractivity contribution is -0.155. The minimum absolute atomic E-state index is 0.313. The maximum atomic E-state index is 11.2. The molecule has 0 aliphatic carbocycles. The molecule has 0 radical (unpaired) electrons. The average molecular weight is 249 g/mol. The van der Waals surface area contributed by atoms with E-state index in [2.05, 4.69) is 13.8 Å². The second kappa shape index (κ2) is 6.19. The Morgan fingerprint density at radius 2 is 1.67 bits per heavy atom.